The predicted molar refractivity (Wildman–Crippen MR) is 205 cm³/mol. The third-order valence-electron chi connectivity index (χ3n) is 10.9. The van der Waals surface area contributed by atoms with Gasteiger partial charge in [0.05, 0.1) is 0 Å². The molecule has 0 bridgehead atoms. The lowest BCUT2D eigenvalue weighted by molar-refractivity contribution is 0.389. The fraction of sp³-hybridized carbons (Fsp3) is 1.00. The van der Waals surface area contributed by atoms with Crippen LogP contribution in [0.25, 0.3) is 0 Å². The largest absolute Gasteiger partial charge is 0.0654 e. The van der Waals surface area contributed by atoms with E-state index in [-0.39, 0.29) is 0 Å². The molecule has 0 aromatic heterocycles. The predicted octanol–water partition coefficient (Wildman–Crippen LogP) is 17.0. The Balaban J connectivity index is 3.26. The van der Waals surface area contributed by atoms with Gasteiger partial charge in [-0.2, -0.15) is 0 Å². The maximum atomic E-state index is 2.52. The van der Waals surface area contributed by atoms with Gasteiger partial charge in [-0.25, -0.2) is 0 Å². The van der Waals surface area contributed by atoms with E-state index in [1.807, 2.05) is 0 Å². The van der Waals surface area contributed by atoms with Gasteiger partial charge in [0.15, 0.2) is 0 Å². The maximum absolute atomic E-state index is 2.52. The first-order valence-corrected chi connectivity index (χ1v) is 21.6. The van der Waals surface area contributed by atoms with E-state index in [0.717, 1.165) is 17.8 Å². The Kier molecular flexibility index (Phi) is 37.5. The van der Waals surface area contributed by atoms with E-state index in [1.54, 1.807) is 0 Å². The van der Waals surface area contributed by atoms with Crippen LogP contribution in [0.2, 0.25) is 0 Å². The standard InChI is InChI=1S/C44H90/c1-6-8-10-12-13-14-15-16-17-18-19-20-21-22-23-24-25-26-28-32-37-42(3)38-33-29-27-30-34-39-44(5)41-35-40-43(4)36-31-11-9-7-2/h42-44H,6-41H2,1-5H3. The molecule has 0 aromatic rings. The SMILES string of the molecule is CCCCCCCCCCCCCCCCCCCCCCC(C)CCCCCCCC(C)CCCC(C)CCCCCC. The van der Waals surface area contributed by atoms with Crippen LogP contribution in [-0.2, 0) is 0 Å². The van der Waals surface area contributed by atoms with E-state index in [4.69, 9.17) is 0 Å². The zero-order chi connectivity index (χ0) is 32.2. The minimum Gasteiger partial charge on any atom is -0.0654 e. The maximum Gasteiger partial charge on any atom is -0.0443 e. The highest BCUT2D eigenvalue weighted by molar-refractivity contribution is 4.60. The van der Waals surface area contributed by atoms with Crippen molar-refractivity contribution in [3.63, 3.8) is 0 Å². The molecule has 0 N–H and O–H groups in total. The molecule has 3 atom stereocenters. The Hall–Kier alpha value is 0. The molecular formula is C44H90. The van der Waals surface area contributed by atoms with Crippen molar-refractivity contribution in [2.75, 3.05) is 0 Å². The highest BCUT2D eigenvalue weighted by atomic mass is 14.1. The van der Waals surface area contributed by atoms with Gasteiger partial charge >= 0.3 is 0 Å². The topological polar surface area (TPSA) is 0 Å². The van der Waals surface area contributed by atoms with Crippen LogP contribution in [0.15, 0.2) is 0 Å². The summed E-state index contributed by atoms with van der Waals surface area (Å²) >= 11 is 0. The molecule has 0 spiro atoms. The van der Waals surface area contributed by atoms with Gasteiger partial charge in [0.1, 0.15) is 0 Å². The molecular weight excluding hydrogens is 528 g/mol. The molecule has 0 aromatic carbocycles. The van der Waals surface area contributed by atoms with Gasteiger partial charge in [-0.15, -0.1) is 0 Å². The highest BCUT2D eigenvalue weighted by Crippen LogP contribution is 2.23. The number of rotatable bonds is 38. The van der Waals surface area contributed by atoms with Crippen molar-refractivity contribution in [2.24, 2.45) is 17.8 Å². The molecule has 0 radical (unpaired) electrons. The molecule has 0 heteroatoms. The van der Waals surface area contributed by atoms with Crippen LogP contribution in [0.3, 0.4) is 0 Å². The van der Waals surface area contributed by atoms with Crippen molar-refractivity contribution in [1.29, 1.82) is 0 Å². The summed E-state index contributed by atoms with van der Waals surface area (Å²) in [5, 5.41) is 0. The fourth-order valence-electron chi connectivity index (χ4n) is 7.43. The fourth-order valence-corrected chi connectivity index (χ4v) is 7.43. The van der Waals surface area contributed by atoms with Gasteiger partial charge in [0, 0.05) is 0 Å². The van der Waals surface area contributed by atoms with E-state index < -0.39 is 0 Å². The lowest BCUT2D eigenvalue weighted by Gasteiger charge is -2.14. The lowest BCUT2D eigenvalue weighted by atomic mass is 9.92. The molecule has 0 aliphatic rings. The molecule has 0 aliphatic carbocycles. The van der Waals surface area contributed by atoms with Crippen molar-refractivity contribution >= 4 is 0 Å². The van der Waals surface area contributed by atoms with Gasteiger partial charge in [-0.3, -0.25) is 0 Å². The second kappa shape index (κ2) is 37.5. The molecule has 0 amide bonds. The Morgan fingerprint density at radius 2 is 0.364 bits per heavy atom. The molecule has 0 fully saturated rings. The van der Waals surface area contributed by atoms with Gasteiger partial charge in [-0.05, 0) is 17.8 Å². The first kappa shape index (κ1) is 44.0. The van der Waals surface area contributed by atoms with E-state index >= 15 is 0 Å². The Morgan fingerprint density at radius 3 is 0.591 bits per heavy atom. The second-order valence-electron chi connectivity index (χ2n) is 15.9. The van der Waals surface area contributed by atoms with Crippen molar-refractivity contribution in [2.45, 2.75) is 266 Å². The van der Waals surface area contributed by atoms with E-state index in [9.17, 15) is 0 Å². The summed E-state index contributed by atoms with van der Waals surface area (Å²) in [5.74, 6) is 2.86. The molecule has 0 saturated heterocycles. The van der Waals surface area contributed by atoms with Gasteiger partial charge in [-0.1, -0.05) is 266 Å². The summed E-state index contributed by atoms with van der Waals surface area (Å²) in [4.78, 5) is 0. The third kappa shape index (κ3) is 36.5. The normalized spacial score (nSPS) is 13.8. The molecule has 44 heavy (non-hydrogen) atoms. The third-order valence-corrected chi connectivity index (χ3v) is 10.9. The van der Waals surface area contributed by atoms with Crippen molar-refractivity contribution < 1.29 is 0 Å². The van der Waals surface area contributed by atoms with E-state index in [2.05, 4.69) is 34.6 Å². The molecule has 0 aliphatic heterocycles. The molecule has 0 heterocycles. The molecule has 0 saturated carbocycles. The van der Waals surface area contributed by atoms with Crippen molar-refractivity contribution in [3.8, 4) is 0 Å². The zero-order valence-electron chi connectivity index (χ0n) is 32.2. The summed E-state index contributed by atoms with van der Waals surface area (Å²) < 4.78 is 0. The molecule has 3 unspecified atom stereocenters. The first-order chi connectivity index (χ1) is 21.6. The zero-order valence-corrected chi connectivity index (χ0v) is 32.2. The average Bonchev–Trinajstić information content (AvgIpc) is 3.01. The Morgan fingerprint density at radius 1 is 0.205 bits per heavy atom. The second-order valence-corrected chi connectivity index (χ2v) is 15.9. The minimum absolute atomic E-state index is 0.950. The quantitative estimate of drug-likeness (QED) is 0.0604. The van der Waals surface area contributed by atoms with Crippen LogP contribution in [0, 0.1) is 17.8 Å². The lowest BCUT2D eigenvalue weighted by Crippen LogP contribution is -1.99. The Labute approximate surface area is 282 Å². The molecule has 266 valence electrons. The van der Waals surface area contributed by atoms with Crippen molar-refractivity contribution in [1.82, 2.24) is 0 Å². The van der Waals surface area contributed by atoms with Gasteiger partial charge in [0.2, 0.25) is 0 Å². The van der Waals surface area contributed by atoms with Crippen LogP contribution < -0.4 is 0 Å². The highest BCUT2D eigenvalue weighted by Gasteiger charge is 2.07. The summed E-state index contributed by atoms with van der Waals surface area (Å²) in [5.41, 5.74) is 0. The smallest absolute Gasteiger partial charge is 0.0443 e. The first-order valence-electron chi connectivity index (χ1n) is 21.6. The van der Waals surface area contributed by atoms with Crippen molar-refractivity contribution in [3.05, 3.63) is 0 Å². The van der Waals surface area contributed by atoms with E-state index in [0.29, 0.717) is 0 Å². The molecule has 0 nitrogen and oxygen atoms in total. The summed E-state index contributed by atoms with van der Waals surface area (Å²) in [6.07, 6.45) is 53.0. The van der Waals surface area contributed by atoms with Gasteiger partial charge in [0.25, 0.3) is 0 Å². The van der Waals surface area contributed by atoms with Gasteiger partial charge < -0.3 is 0 Å². The molecule has 0 rings (SSSR count). The van der Waals surface area contributed by atoms with E-state index in [1.165, 1.54) is 231 Å². The van der Waals surface area contributed by atoms with Crippen LogP contribution in [0.5, 0.6) is 0 Å². The minimum atomic E-state index is 0.950. The number of hydrogen-bond acceptors (Lipinski definition) is 0. The van der Waals surface area contributed by atoms with Crippen LogP contribution in [0.1, 0.15) is 266 Å². The summed E-state index contributed by atoms with van der Waals surface area (Å²) in [7, 11) is 0. The summed E-state index contributed by atoms with van der Waals surface area (Å²) in [6.45, 7) is 12.1. The average molecular weight is 619 g/mol. The monoisotopic (exact) mass is 619 g/mol. The number of hydrogen-bond donors (Lipinski definition) is 0. The van der Waals surface area contributed by atoms with Crippen LogP contribution >= 0.6 is 0 Å². The number of unbranched alkanes of at least 4 members (excludes halogenated alkanes) is 26. The van der Waals surface area contributed by atoms with Crippen LogP contribution in [-0.4, -0.2) is 0 Å². The summed E-state index contributed by atoms with van der Waals surface area (Å²) in [6, 6.07) is 0. The Bertz CT molecular complexity index is 494. The van der Waals surface area contributed by atoms with Crippen LogP contribution in [0.4, 0.5) is 0 Å².